The van der Waals surface area contributed by atoms with Gasteiger partial charge in [0.2, 0.25) is 0 Å². The Labute approximate surface area is 171 Å². The summed E-state index contributed by atoms with van der Waals surface area (Å²) in [7, 11) is 0. The molecule has 4 heteroatoms. The number of hydrogen-bond acceptors (Lipinski definition) is 3. The Hall–Kier alpha value is -0.410. The first-order valence-electron chi connectivity index (χ1n) is 11.2. The van der Waals surface area contributed by atoms with Gasteiger partial charge < -0.3 is 5.73 Å². The number of halogens is 1. The van der Waals surface area contributed by atoms with Crippen LogP contribution in [0.2, 0.25) is 0 Å². The second-order valence-electron chi connectivity index (χ2n) is 10.3. The van der Waals surface area contributed by atoms with Gasteiger partial charge in [-0.05, 0) is 80.6 Å². The van der Waals surface area contributed by atoms with Gasteiger partial charge >= 0.3 is 0 Å². The molecule has 4 aliphatic rings. The standard InChI is InChI=1S/C23H37NO2.ClH/c1-22-12-11-18-16(17(22)9-10-21(22)26)14-20(25)19-8-5-7-15(23(18,19)2)6-3-4-13-24;/h15-19H,3-14,24H2,1-2H3;1H/t15?,16-,17-,18-,19?,22-,23+;/m0./s1. The first-order valence-corrected chi connectivity index (χ1v) is 11.2. The van der Waals surface area contributed by atoms with Crippen LogP contribution < -0.4 is 5.73 Å². The van der Waals surface area contributed by atoms with E-state index in [1.165, 1.54) is 25.7 Å². The van der Waals surface area contributed by atoms with Crippen LogP contribution in [0.4, 0.5) is 0 Å². The molecule has 4 aliphatic carbocycles. The first-order chi connectivity index (χ1) is 12.4. The maximum absolute atomic E-state index is 13.2. The summed E-state index contributed by atoms with van der Waals surface area (Å²) in [5.74, 6) is 3.53. The Kier molecular flexibility index (Phi) is 6.14. The van der Waals surface area contributed by atoms with Gasteiger partial charge in [0.25, 0.3) is 0 Å². The molecular formula is C23H38ClNO2. The van der Waals surface area contributed by atoms with Crippen molar-refractivity contribution in [3.05, 3.63) is 0 Å². The van der Waals surface area contributed by atoms with Crippen molar-refractivity contribution >= 4 is 24.0 Å². The second kappa shape index (κ2) is 7.78. The molecule has 0 aromatic carbocycles. The van der Waals surface area contributed by atoms with Crippen LogP contribution in [0.25, 0.3) is 0 Å². The molecule has 2 unspecified atom stereocenters. The molecule has 0 spiro atoms. The lowest BCUT2D eigenvalue weighted by Gasteiger charge is -2.61. The van der Waals surface area contributed by atoms with Crippen molar-refractivity contribution in [3.8, 4) is 0 Å². The number of ketones is 2. The zero-order chi connectivity index (χ0) is 18.5. The lowest BCUT2D eigenvalue weighted by atomic mass is 9.42. The van der Waals surface area contributed by atoms with Crippen LogP contribution in [0.15, 0.2) is 0 Å². The van der Waals surface area contributed by atoms with Crippen LogP contribution in [0.3, 0.4) is 0 Å². The molecule has 3 nitrogen and oxygen atoms in total. The predicted octanol–water partition coefficient (Wildman–Crippen LogP) is 4.94. The summed E-state index contributed by atoms with van der Waals surface area (Å²) in [5, 5.41) is 0. The van der Waals surface area contributed by atoms with E-state index < -0.39 is 0 Å². The lowest BCUT2D eigenvalue weighted by molar-refractivity contribution is -0.165. The highest BCUT2D eigenvalue weighted by Gasteiger charge is 2.63. The van der Waals surface area contributed by atoms with E-state index in [-0.39, 0.29) is 29.2 Å². The van der Waals surface area contributed by atoms with Crippen LogP contribution in [0, 0.1) is 40.4 Å². The van der Waals surface area contributed by atoms with Crippen molar-refractivity contribution in [2.75, 3.05) is 6.54 Å². The molecule has 0 aliphatic heterocycles. The number of nitrogens with two attached hydrogens (primary N) is 1. The van der Waals surface area contributed by atoms with Gasteiger partial charge in [-0.1, -0.05) is 26.7 Å². The normalized spacial score (nSPS) is 46.3. The molecule has 0 aromatic heterocycles. The van der Waals surface area contributed by atoms with E-state index in [4.69, 9.17) is 5.73 Å². The summed E-state index contributed by atoms with van der Waals surface area (Å²) in [4.78, 5) is 25.8. The maximum atomic E-state index is 13.2. The Bertz CT molecular complexity index is 593. The van der Waals surface area contributed by atoms with Gasteiger partial charge in [0.1, 0.15) is 11.6 Å². The van der Waals surface area contributed by atoms with Crippen molar-refractivity contribution in [2.45, 2.75) is 84.5 Å². The van der Waals surface area contributed by atoms with Gasteiger partial charge in [-0.15, -0.1) is 12.4 Å². The summed E-state index contributed by atoms with van der Waals surface area (Å²) >= 11 is 0. The quantitative estimate of drug-likeness (QED) is 0.685. The van der Waals surface area contributed by atoms with Gasteiger partial charge in [-0.3, -0.25) is 9.59 Å². The molecule has 154 valence electrons. The number of rotatable bonds is 4. The third-order valence-corrected chi connectivity index (χ3v) is 9.45. The van der Waals surface area contributed by atoms with Gasteiger partial charge in [0.15, 0.2) is 0 Å². The first kappa shape index (κ1) is 21.3. The molecular weight excluding hydrogens is 358 g/mol. The number of hydrogen-bond donors (Lipinski definition) is 1. The summed E-state index contributed by atoms with van der Waals surface area (Å²) in [6.45, 7) is 5.46. The van der Waals surface area contributed by atoms with E-state index in [0.717, 1.165) is 51.5 Å². The largest absolute Gasteiger partial charge is 0.330 e. The Morgan fingerprint density at radius 1 is 1.04 bits per heavy atom. The third-order valence-electron chi connectivity index (χ3n) is 9.45. The van der Waals surface area contributed by atoms with E-state index in [0.29, 0.717) is 35.2 Å². The molecule has 2 N–H and O–H groups in total. The minimum atomic E-state index is -0.131. The number of Topliss-reactive ketones (excluding diaryl/α,β-unsaturated/α-hetero) is 2. The van der Waals surface area contributed by atoms with Gasteiger partial charge in [-0.25, -0.2) is 0 Å². The Balaban J connectivity index is 0.00000210. The number of carbonyl (C=O) groups is 2. The summed E-state index contributed by atoms with van der Waals surface area (Å²) in [6.07, 6.45) is 11.9. The van der Waals surface area contributed by atoms with E-state index >= 15 is 0 Å². The Morgan fingerprint density at radius 2 is 1.81 bits per heavy atom. The highest BCUT2D eigenvalue weighted by atomic mass is 35.5. The van der Waals surface area contributed by atoms with E-state index in [9.17, 15) is 9.59 Å². The molecule has 7 atom stereocenters. The molecule has 0 radical (unpaired) electrons. The fraction of sp³-hybridized carbons (Fsp3) is 0.913. The molecule has 0 bridgehead atoms. The van der Waals surface area contributed by atoms with Crippen LogP contribution in [-0.4, -0.2) is 18.1 Å². The van der Waals surface area contributed by atoms with Crippen LogP contribution in [0.1, 0.15) is 84.5 Å². The fourth-order valence-electron chi connectivity index (χ4n) is 8.02. The van der Waals surface area contributed by atoms with Crippen molar-refractivity contribution in [1.82, 2.24) is 0 Å². The fourth-order valence-corrected chi connectivity index (χ4v) is 8.02. The van der Waals surface area contributed by atoms with E-state index in [1.807, 2.05) is 0 Å². The summed E-state index contributed by atoms with van der Waals surface area (Å²) in [6, 6.07) is 0. The average molecular weight is 396 g/mol. The highest BCUT2D eigenvalue weighted by Crippen LogP contribution is 2.66. The Morgan fingerprint density at radius 3 is 2.56 bits per heavy atom. The summed E-state index contributed by atoms with van der Waals surface area (Å²) in [5.41, 5.74) is 5.77. The molecule has 0 aromatic rings. The van der Waals surface area contributed by atoms with Crippen molar-refractivity contribution in [2.24, 2.45) is 46.2 Å². The maximum Gasteiger partial charge on any atom is 0.139 e. The predicted molar refractivity (Wildman–Crippen MR) is 111 cm³/mol. The van der Waals surface area contributed by atoms with Crippen molar-refractivity contribution < 1.29 is 9.59 Å². The molecule has 0 saturated heterocycles. The molecule has 4 fully saturated rings. The summed E-state index contributed by atoms with van der Waals surface area (Å²) < 4.78 is 0. The topological polar surface area (TPSA) is 60.2 Å². The van der Waals surface area contributed by atoms with Crippen LogP contribution in [0.5, 0.6) is 0 Å². The zero-order valence-corrected chi connectivity index (χ0v) is 18.0. The highest BCUT2D eigenvalue weighted by molar-refractivity contribution is 5.88. The molecule has 0 amide bonds. The SMILES string of the molecule is C[C@]12C(CCCCN)CCCC1C(=O)C[C@@H]1[C@@H]2CC[C@]2(C)C(=O)CC[C@@H]12.Cl. The van der Waals surface area contributed by atoms with Gasteiger partial charge in [0.05, 0.1) is 0 Å². The second-order valence-corrected chi connectivity index (χ2v) is 10.3. The zero-order valence-electron chi connectivity index (χ0n) is 17.2. The monoisotopic (exact) mass is 395 g/mol. The van der Waals surface area contributed by atoms with Crippen molar-refractivity contribution in [3.63, 3.8) is 0 Å². The number of carbonyl (C=O) groups excluding carboxylic acids is 2. The van der Waals surface area contributed by atoms with Gasteiger partial charge in [0, 0.05) is 24.2 Å². The average Bonchev–Trinajstić information content (AvgIpc) is 2.92. The van der Waals surface area contributed by atoms with Crippen LogP contribution in [-0.2, 0) is 9.59 Å². The molecule has 0 heterocycles. The van der Waals surface area contributed by atoms with Gasteiger partial charge in [-0.2, -0.15) is 0 Å². The molecule has 4 rings (SSSR count). The molecule has 27 heavy (non-hydrogen) atoms. The molecule has 4 saturated carbocycles. The van der Waals surface area contributed by atoms with Crippen LogP contribution >= 0.6 is 12.4 Å². The third kappa shape index (κ3) is 3.12. The minimum Gasteiger partial charge on any atom is -0.330 e. The minimum absolute atomic E-state index is 0. The number of fused-ring (bicyclic) bond motifs is 5. The smallest absolute Gasteiger partial charge is 0.139 e. The van der Waals surface area contributed by atoms with E-state index in [2.05, 4.69) is 13.8 Å². The van der Waals surface area contributed by atoms with E-state index in [1.54, 1.807) is 0 Å². The van der Waals surface area contributed by atoms with Crippen molar-refractivity contribution in [1.29, 1.82) is 0 Å². The lowest BCUT2D eigenvalue weighted by Crippen LogP contribution is -2.58. The number of unbranched alkanes of at least 4 members (excludes halogenated alkanes) is 1.